The van der Waals surface area contributed by atoms with Gasteiger partial charge in [-0.3, -0.25) is 9.59 Å². The van der Waals surface area contributed by atoms with Crippen LogP contribution in [0.3, 0.4) is 0 Å². The standard InChI is InChI=1S/C19H19NO4/c1-13(21)14-6-8-15(9-7-14)24-12-19(22)20-17-10-11-23-18-5-3-2-4-16(17)18/h2-9,17H,10-12H2,1H3,(H,20,22). The molecular formula is C19H19NO4. The van der Waals surface area contributed by atoms with E-state index >= 15 is 0 Å². The topological polar surface area (TPSA) is 64.6 Å². The normalized spacial score (nSPS) is 15.8. The van der Waals surface area contributed by atoms with Gasteiger partial charge in [0.05, 0.1) is 12.6 Å². The van der Waals surface area contributed by atoms with Gasteiger partial charge < -0.3 is 14.8 Å². The summed E-state index contributed by atoms with van der Waals surface area (Å²) in [5.74, 6) is 1.18. The Morgan fingerprint density at radius 3 is 2.67 bits per heavy atom. The van der Waals surface area contributed by atoms with E-state index in [2.05, 4.69) is 5.32 Å². The van der Waals surface area contributed by atoms with Gasteiger partial charge in [0.25, 0.3) is 5.91 Å². The fourth-order valence-corrected chi connectivity index (χ4v) is 2.66. The first-order valence-corrected chi connectivity index (χ1v) is 7.88. The minimum absolute atomic E-state index is 0.00234. The molecular weight excluding hydrogens is 306 g/mol. The first-order chi connectivity index (χ1) is 11.6. The SMILES string of the molecule is CC(=O)c1ccc(OCC(=O)NC2CCOc3ccccc32)cc1. The van der Waals surface area contributed by atoms with Crippen molar-refractivity contribution in [2.24, 2.45) is 0 Å². The van der Waals surface area contributed by atoms with Gasteiger partial charge in [-0.25, -0.2) is 0 Å². The van der Waals surface area contributed by atoms with E-state index in [1.54, 1.807) is 24.3 Å². The minimum atomic E-state index is -0.188. The zero-order valence-corrected chi connectivity index (χ0v) is 13.5. The van der Waals surface area contributed by atoms with Gasteiger partial charge in [0, 0.05) is 17.5 Å². The van der Waals surface area contributed by atoms with Crippen LogP contribution in [0, 0.1) is 0 Å². The second-order valence-electron chi connectivity index (χ2n) is 5.66. The molecule has 0 fully saturated rings. The van der Waals surface area contributed by atoms with Crippen molar-refractivity contribution in [1.29, 1.82) is 0 Å². The van der Waals surface area contributed by atoms with Crippen molar-refractivity contribution in [3.8, 4) is 11.5 Å². The molecule has 124 valence electrons. The van der Waals surface area contributed by atoms with Crippen molar-refractivity contribution >= 4 is 11.7 Å². The summed E-state index contributed by atoms with van der Waals surface area (Å²) in [7, 11) is 0. The molecule has 24 heavy (non-hydrogen) atoms. The van der Waals surface area contributed by atoms with Gasteiger partial charge in [-0.2, -0.15) is 0 Å². The Hall–Kier alpha value is -2.82. The molecule has 2 aromatic carbocycles. The van der Waals surface area contributed by atoms with E-state index in [9.17, 15) is 9.59 Å². The first-order valence-electron chi connectivity index (χ1n) is 7.88. The predicted molar refractivity (Wildman–Crippen MR) is 89.4 cm³/mol. The quantitative estimate of drug-likeness (QED) is 0.859. The zero-order chi connectivity index (χ0) is 16.9. The van der Waals surface area contributed by atoms with Crippen LogP contribution in [0.1, 0.15) is 35.3 Å². The molecule has 0 aromatic heterocycles. The number of hydrogen-bond acceptors (Lipinski definition) is 4. The molecule has 1 heterocycles. The maximum atomic E-state index is 12.1. The lowest BCUT2D eigenvalue weighted by Gasteiger charge is -2.26. The highest BCUT2D eigenvalue weighted by Crippen LogP contribution is 2.31. The fraction of sp³-hybridized carbons (Fsp3) is 0.263. The van der Waals surface area contributed by atoms with Crippen molar-refractivity contribution < 1.29 is 19.1 Å². The highest BCUT2D eigenvalue weighted by atomic mass is 16.5. The number of rotatable bonds is 5. The van der Waals surface area contributed by atoms with Crippen LogP contribution < -0.4 is 14.8 Å². The Morgan fingerprint density at radius 1 is 1.17 bits per heavy atom. The van der Waals surface area contributed by atoms with E-state index in [1.165, 1.54) is 6.92 Å². The third-order valence-electron chi connectivity index (χ3n) is 3.92. The summed E-state index contributed by atoms with van der Waals surface area (Å²) in [4.78, 5) is 23.4. The molecule has 0 spiro atoms. The summed E-state index contributed by atoms with van der Waals surface area (Å²) in [6.45, 7) is 2.02. The van der Waals surface area contributed by atoms with Gasteiger partial charge in [0.2, 0.25) is 0 Å². The molecule has 3 rings (SSSR count). The van der Waals surface area contributed by atoms with Gasteiger partial charge in [0.15, 0.2) is 12.4 Å². The summed E-state index contributed by atoms with van der Waals surface area (Å²) >= 11 is 0. The summed E-state index contributed by atoms with van der Waals surface area (Å²) in [5.41, 5.74) is 1.61. The third-order valence-corrected chi connectivity index (χ3v) is 3.92. The monoisotopic (exact) mass is 325 g/mol. The maximum Gasteiger partial charge on any atom is 0.258 e. The lowest BCUT2D eigenvalue weighted by molar-refractivity contribution is -0.124. The predicted octanol–water partition coefficient (Wildman–Crippen LogP) is 2.91. The van der Waals surface area contributed by atoms with Gasteiger partial charge >= 0.3 is 0 Å². The molecule has 0 aliphatic carbocycles. The van der Waals surface area contributed by atoms with E-state index in [4.69, 9.17) is 9.47 Å². The number of carbonyl (C=O) groups is 2. The Bertz CT molecular complexity index is 739. The second kappa shape index (κ2) is 7.17. The summed E-state index contributed by atoms with van der Waals surface area (Å²) in [6, 6.07) is 14.4. The largest absolute Gasteiger partial charge is 0.493 e. The van der Waals surface area contributed by atoms with E-state index in [0.717, 1.165) is 17.7 Å². The number of benzene rings is 2. The van der Waals surface area contributed by atoms with Crippen LogP contribution in [-0.4, -0.2) is 24.9 Å². The molecule has 2 aromatic rings. The van der Waals surface area contributed by atoms with E-state index < -0.39 is 0 Å². The third kappa shape index (κ3) is 3.74. The summed E-state index contributed by atoms with van der Waals surface area (Å²) in [5, 5.41) is 2.98. The molecule has 0 saturated heterocycles. The van der Waals surface area contributed by atoms with Crippen LogP contribution in [0.4, 0.5) is 0 Å². The van der Waals surface area contributed by atoms with Gasteiger partial charge in [0.1, 0.15) is 11.5 Å². The van der Waals surface area contributed by atoms with Crippen LogP contribution in [-0.2, 0) is 4.79 Å². The zero-order valence-electron chi connectivity index (χ0n) is 13.5. The molecule has 0 saturated carbocycles. The van der Waals surface area contributed by atoms with Gasteiger partial charge in [-0.15, -0.1) is 0 Å². The molecule has 0 radical (unpaired) electrons. The van der Waals surface area contributed by atoms with Crippen molar-refractivity contribution in [2.45, 2.75) is 19.4 Å². The van der Waals surface area contributed by atoms with Gasteiger partial charge in [-0.05, 0) is 37.3 Å². The smallest absolute Gasteiger partial charge is 0.258 e. The average Bonchev–Trinajstić information content (AvgIpc) is 2.61. The fourth-order valence-electron chi connectivity index (χ4n) is 2.66. The Morgan fingerprint density at radius 2 is 1.92 bits per heavy atom. The first kappa shape index (κ1) is 16.1. The number of ether oxygens (including phenoxy) is 2. The second-order valence-corrected chi connectivity index (χ2v) is 5.66. The highest BCUT2D eigenvalue weighted by molar-refractivity contribution is 5.94. The number of para-hydroxylation sites is 1. The molecule has 1 N–H and O–H groups in total. The van der Waals surface area contributed by atoms with Crippen LogP contribution >= 0.6 is 0 Å². The van der Waals surface area contributed by atoms with Gasteiger partial charge in [-0.1, -0.05) is 18.2 Å². The number of hydrogen-bond donors (Lipinski definition) is 1. The van der Waals surface area contributed by atoms with Crippen molar-refractivity contribution in [2.75, 3.05) is 13.2 Å². The molecule has 1 aliphatic heterocycles. The lowest BCUT2D eigenvalue weighted by Crippen LogP contribution is -2.35. The Kier molecular flexibility index (Phi) is 4.79. The van der Waals surface area contributed by atoms with Crippen molar-refractivity contribution in [3.63, 3.8) is 0 Å². The number of amides is 1. The van der Waals surface area contributed by atoms with Crippen LogP contribution in [0.5, 0.6) is 11.5 Å². The van der Waals surface area contributed by atoms with E-state index in [0.29, 0.717) is 17.9 Å². The molecule has 5 heteroatoms. The molecule has 0 bridgehead atoms. The van der Waals surface area contributed by atoms with E-state index in [1.807, 2.05) is 24.3 Å². The van der Waals surface area contributed by atoms with Crippen molar-refractivity contribution in [3.05, 3.63) is 59.7 Å². The minimum Gasteiger partial charge on any atom is -0.493 e. The average molecular weight is 325 g/mol. The molecule has 1 aliphatic rings. The highest BCUT2D eigenvalue weighted by Gasteiger charge is 2.22. The van der Waals surface area contributed by atoms with Crippen LogP contribution in [0.2, 0.25) is 0 Å². The van der Waals surface area contributed by atoms with Crippen LogP contribution in [0.15, 0.2) is 48.5 Å². The van der Waals surface area contributed by atoms with Crippen molar-refractivity contribution in [1.82, 2.24) is 5.32 Å². The summed E-state index contributed by atoms with van der Waals surface area (Å²) < 4.78 is 11.1. The van der Waals surface area contributed by atoms with Crippen LogP contribution in [0.25, 0.3) is 0 Å². The number of fused-ring (bicyclic) bond motifs is 1. The lowest BCUT2D eigenvalue weighted by atomic mass is 10.0. The molecule has 5 nitrogen and oxygen atoms in total. The number of ketones is 1. The van der Waals surface area contributed by atoms with E-state index in [-0.39, 0.29) is 24.3 Å². The molecule has 1 amide bonds. The Labute approximate surface area is 140 Å². The maximum absolute atomic E-state index is 12.1. The number of nitrogens with one attached hydrogen (secondary N) is 1. The molecule has 1 atom stereocenters. The Balaban J connectivity index is 1.56. The summed E-state index contributed by atoms with van der Waals surface area (Å²) in [6.07, 6.45) is 0.732. The molecule has 1 unspecified atom stereocenters. The number of Topliss-reactive ketones (excluding diaryl/α,β-unsaturated/α-hetero) is 1. The number of carbonyl (C=O) groups excluding carboxylic acids is 2.